The molecule has 1 aromatic carbocycles. The van der Waals surface area contributed by atoms with Gasteiger partial charge in [0.15, 0.2) is 15.7 Å². The molecule has 9 nitrogen and oxygen atoms in total. The average molecular weight is 482 g/mol. The Morgan fingerprint density at radius 3 is 2.56 bits per heavy atom. The molecule has 34 heavy (non-hydrogen) atoms. The highest BCUT2D eigenvalue weighted by atomic mass is 32.2. The zero-order valence-electron chi connectivity index (χ0n) is 19.2. The molecule has 0 spiro atoms. The molecule has 2 amide bonds. The van der Waals surface area contributed by atoms with Gasteiger partial charge in [-0.3, -0.25) is 9.59 Å². The standard InChI is InChI=1S/C24H27N5O4S/c1-4-23(2,3)34(32,33)24(9-10-24)16-28-11-12-29-19(22(28)31)15-26-20(29)21(30)27-14-18-7-5-17(13-25)6-8-18/h4-8,15H,1,9-12,14,16H2,2-3H3,(H,27,30). The van der Waals surface area contributed by atoms with Crippen LogP contribution in [0.3, 0.4) is 0 Å². The Balaban J connectivity index is 1.46. The summed E-state index contributed by atoms with van der Waals surface area (Å²) in [7, 11) is -3.54. The number of amides is 2. The summed E-state index contributed by atoms with van der Waals surface area (Å²) in [5.74, 6) is -0.605. The Hall–Kier alpha value is -3.45. The van der Waals surface area contributed by atoms with Crippen LogP contribution in [0.1, 0.15) is 58.9 Å². The lowest BCUT2D eigenvalue weighted by Crippen LogP contribution is -2.50. The van der Waals surface area contributed by atoms with E-state index in [0.717, 1.165) is 5.56 Å². The number of rotatable bonds is 8. The fourth-order valence-corrected chi connectivity index (χ4v) is 6.52. The van der Waals surface area contributed by atoms with E-state index in [-0.39, 0.29) is 30.5 Å². The highest BCUT2D eigenvalue weighted by Crippen LogP contribution is 2.49. The van der Waals surface area contributed by atoms with Crippen LogP contribution in [0.4, 0.5) is 0 Å². The van der Waals surface area contributed by atoms with Crippen molar-refractivity contribution in [3.63, 3.8) is 0 Å². The quantitative estimate of drug-likeness (QED) is 0.575. The summed E-state index contributed by atoms with van der Waals surface area (Å²) >= 11 is 0. The molecule has 1 aromatic heterocycles. The van der Waals surface area contributed by atoms with Crippen molar-refractivity contribution in [2.75, 3.05) is 13.1 Å². The van der Waals surface area contributed by atoms with Crippen molar-refractivity contribution < 1.29 is 18.0 Å². The fraction of sp³-hybridized carbons (Fsp3) is 0.417. The minimum absolute atomic E-state index is 0.122. The first kappa shape index (κ1) is 23.7. The minimum Gasteiger partial charge on any atom is -0.345 e. The van der Waals surface area contributed by atoms with E-state index < -0.39 is 25.2 Å². The van der Waals surface area contributed by atoms with E-state index in [0.29, 0.717) is 31.5 Å². The fourth-order valence-electron chi connectivity index (χ4n) is 4.21. The molecule has 1 saturated carbocycles. The number of hydrogen-bond donors (Lipinski definition) is 1. The van der Waals surface area contributed by atoms with Crippen LogP contribution in [-0.4, -0.2) is 57.3 Å². The monoisotopic (exact) mass is 481 g/mol. The van der Waals surface area contributed by atoms with Crippen molar-refractivity contribution in [2.45, 2.75) is 49.3 Å². The second-order valence-corrected chi connectivity index (χ2v) is 12.3. The SMILES string of the molecule is C=CC(C)(C)S(=O)(=O)C1(CN2CCn3c(cnc3C(=O)NCc3ccc(C#N)cc3)C2=O)CC1. The number of hydrogen-bond acceptors (Lipinski definition) is 6. The van der Waals surface area contributed by atoms with Gasteiger partial charge < -0.3 is 14.8 Å². The number of imidazole rings is 1. The Morgan fingerprint density at radius 2 is 1.97 bits per heavy atom. The van der Waals surface area contributed by atoms with E-state index >= 15 is 0 Å². The molecule has 10 heteroatoms. The van der Waals surface area contributed by atoms with E-state index in [1.54, 1.807) is 47.6 Å². The zero-order valence-corrected chi connectivity index (χ0v) is 20.1. The first-order valence-corrected chi connectivity index (χ1v) is 12.5. The van der Waals surface area contributed by atoms with Crippen LogP contribution in [0, 0.1) is 11.3 Å². The molecule has 1 aliphatic heterocycles. The van der Waals surface area contributed by atoms with Crippen molar-refractivity contribution >= 4 is 21.7 Å². The van der Waals surface area contributed by atoms with Crippen molar-refractivity contribution in [1.82, 2.24) is 19.8 Å². The Labute approximate surface area is 199 Å². The number of benzene rings is 1. The number of fused-ring (bicyclic) bond motifs is 1. The lowest BCUT2D eigenvalue weighted by Gasteiger charge is -2.34. The third-order valence-corrected chi connectivity index (χ3v) is 9.96. The smallest absolute Gasteiger partial charge is 0.287 e. The van der Waals surface area contributed by atoms with Crippen LogP contribution in [0.25, 0.3) is 0 Å². The van der Waals surface area contributed by atoms with Gasteiger partial charge >= 0.3 is 0 Å². The van der Waals surface area contributed by atoms with Crippen LogP contribution in [0.15, 0.2) is 43.1 Å². The van der Waals surface area contributed by atoms with Gasteiger partial charge in [-0.2, -0.15) is 5.26 Å². The topological polar surface area (TPSA) is 125 Å². The number of nitrogens with zero attached hydrogens (tertiary/aromatic N) is 4. The molecule has 0 atom stereocenters. The van der Waals surface area contributed by atoms with E-state index in [1.807, 2.05) is 6.07 Å². The molecule has 1 aliphatic carbocycles. The van der Waals surface area contributed by atoms with E-state index in [1.165, 1.54) is 12.3 Å². The van der Waals surface area contributed by atoms with Crippen molar-refractivity contribution in [3.8, 4) is 6.07 Å². The molecule has 2 heterocycles. The molecule has 2 aromatic rings. The molecule has 0 unspecified atom stereocenters. The van der Waals surface area contributed by atoms with E-state index in [2.05, 4.69) is 16.9 Å². The van der Waals surface area contributed by atoms with Crippen LogP contribution in [0.5, 0.6) is 0 Å². The third-order valence-electron chi connectivity index (χ3n) is 6.74. The van der Waals surface area contributed by atoms with Gasteiger partial charge in [-0.05, 0) is 44.4 Å². The zero-order chi connectivity index (χ0) is 24.7. The van der Waals surface area contributed by atoms with E-state index in [4.69, 9.17) is 5.26 Å². The van der Waals surface area contributed by atoms with E-state index in [9.17, 15) is 18.0 Å². The molecular formula is C24H27N5O4S. The summed E-state index contributed by atoms with van der Waals surface area (Å²) in [5.41, 5.74) is 1.64. The molecular weight excluding hydrogens is 454 g/mol. The predicted octanol–water partition coefficient (Wildman–Crippen LogP) is 2.05. The number of aromatic nitrogens is 2. The summed E-state index contributed by atoms with van der Waals surface area (Å²) in [6.45, 7) is 7.95. The number of carbonyl (C=O) groups is 2. The van der Waals surface area contributed by atoms with Gasteiger partial charge in [0.05, 0.1) is 27.3 Å². The Kier molecular flexibility index (Phi) is 5.85. The molecule has 0 radical (unpaired) electrons. The van der Waals surface area contributed by atoms with Crippen molar-refractivity contribution in [1.29, 1.82) is 5.26 Å². The van der Waals surface area contributed by atoms with Crippen molar-refractivity contribution in [2.24, 2.45) is 0 Å². The van der Waals surface area contributed by atoms with Gasteiger partial charge in [0.25, 0.3) is 11.8 Å². The van der Waals surface area contributed by atoms with Gasteiger partial charge in [0, 0.05) is 26.2 Å². The first-order chi connectivity index (χ1) is 16.0. The molecule has 2 aliphatic rings. The summed E-state index contributed by atoms with van der Waals surface area (Å²) < 4.78 is 26.0. The number of sulfone groups is 1. The second kappa shape index (κ2) is 8.40. The molecule has 178 valence electrons. The minimum atomic E-state index is -3.54. The lowest BCUT2D eigenvalue weighted by molar-refractivity contribution is 0.0698. The number of nitriles is 1. The van der Waals surface area contributed by atoms with Gasteiger partial charge in [-0.1, -0.05) is 18.2 Å². The highest BCUT2D eigenvalue weighted by Gasteiger charge is 2.60. The van der Waals surface area contributed by atoms with Gasteiger partial charge in [0.1, 0.15) is 5.69 Å². The summed E-state index contributed by atoms with van der Waals surface area (Å²) in [5, 5.41) is 11.7. The van der Waals surface area contributed by atoms with Crippen LogP contribution in [0.2, 0.25) is 0 Å². The maximum absolute atomic E-state index is 13.2. The molecule has 0 bridgehead atoms. The normalized spacial score (nSPS) is 17.0. The number of nitrogens with one attached hydrogen (secondary N) is 1. The average Bonchev–Trinajstić information content (AvgIpc) is 3.49. The number of carbonyl (C=O) groups excluding carboxylic acids is 2. The van der Waals surface area contributed by atoms with Gasteiger partial charge in [0.2, 0.25) is 0 Å². The predicted molar refractivity (Wildman–Crippen MR) is 126 cm³/mol. The van der Waals surface area contributed by atoms with Crippen LogP contribution < -0.4 is 5.32 Å². The highest BCUT2D eigenvalue weighted by molar-refractivity contribution is 7.94. The molecule has 1 fully saturated rings. The molecule has 1 N–H and O–H groups in total. The summed E-state index contributed by atoms with van der Waals surface area (Å²) in [4.78, 5) is 31.6. The third kappa shape index (κ3) is 3.90. The maximum Gasteiger partial charge on any atom is 0.287 e. The summed E-state index contributed by atoms with van der Waals surface area (Å²) in [6.07, 6.45) is 3.84. The van der Waals surface area contributed by atoms with Gasteiger partial charge in [-0.15, -0.1) is 6.58 Å². The molecule has 4 rings (SSSR count). The largest absolute Gasteiger partial charge is 0.345 e. The second-order valence-electron chi connectivity index (χ2n) is 9.33. The Morgan fingerprint density at radius 1 is 1.29 bits per heavy atom. The molecule has 0 saturated heterocycles. The van der Waals surface area contributed by atoms with Crippen molar-refractivity contribution in [3.05, 3.63) is 65.8 Å². The van der Waals surface area contributed by atoms with Gasteiger partial charge in [-0.25, -0.2) is 13.4 Å². The first-order valence-electron chi connectivity index (χ1n) is 11.0. The lowest BCUT2D eigenvalue weighted by atomic mass is 10.1. The van der Waals surface area contributed by atoms with Crippen LogP contribution in [-0.2, 0) is 22.9 Å². The Bertz CT molecular complexity index is 1300. The van der Waals surface area contributed by atoms with Crippen LogP contribution >= 0.6 is 0 Å². The summed E-state index contributed by atoms with van der Waals surface area (Å²) in [6, 6.07) is 8.92. The maximum atomic E-state index is 13.2.